The highest BCUT2D eigenvalue weighted by Crippen LogP contribution is 2.38. The maximum absolute atomic E-state index is 10.9. The van der Waals surface area contributed by atoms with Gasteiger partial charge in [0.15, 0.2) is 12.1 Å². The monoisotopic (exact) mass is 312 g/mol. The van der Waals surface area contributed by atoms with Crippen molar-refractivity contribution in [3.63, 3.8) is 0 Å². The highest BCUT2D eigenvalue weighted by atomic mass is 16.8. The van der Waals surface area contributed by atoms with Crippen LogP contribution in [0.3, 0.4) is 0 Å². The zero-order valence-corrected chi connectivity index (χ0v) is 13.3. The third-order valence-corrected chi connectivity index (χ3v) is 3.69. The molecule has 1 N–H and O–H groups in total. The first-order valence-electron chi connectivity index (χ1n) is 7.63. The third-order valence-electron chi connectivity index (χ3n) is 3.69. The van der Waals surface area contributed by atoms with E-state index in [2.05, 4.69) is 16.6 Å². The molecule has 0 aromatic heterocycles. The molecule has 22 heavy (non-hydrogen) atoms. The van der Waals surface area contributed by atoms with Crippen molar-refractivity contribution in [3.8, 4) is 11.8 Å². The van der Waals surface area contributed by atoms with E-state index in [1.165, 1.54) is 7.11 Å². The van der Waals surface area contributed by atoms with E-state index >= 15 is 0 Å². The molecule has 0 saturated carbocycles. The number of aliphatic hydroxyl groups excluding tert-OH is 1. The lowest BCUT2D eigenvalue weighted by molar-refractivity contribution is -0.213. The van der Waals surface area contributed by atoms with Gasteiger partial charge in [0, 0.05) is 25.7 Å². The second-order valence-electron chi connectivity index (χ2n) is 6.01. The topological polar surface area (TPSA) is 74.2 Å². The molecule has 124 valence electrons. The largest absolute Gasteiger partial charge is 0.469 e. The van der Waals surface area contributed by atoms with Crippen molar-refractivity contribution in [1.29, 1.82) is 0 Å². The maximum Gasteiger partial charge on any atom is 0.305 e. The molecule has 2 saturated heterocycles. The average Bonchev–Trinajstić information content (AvgIpc) is 2.95. The summed E-state index contributed by atoms with van der Waals surface area (Å²) in [6.45, 7) is 3.69. The number of aliphatic hydroxyl groups is 1. The molecular formula is C16H24O6. The first-order chi connectivity index (χ1) is 10.4. The molecule has 2 fully saturated rings. The van der Waals surface area contributed by atoms with E-state index in [0.717, 1.165) is 0 Å². The van der Waals surface area contributed by atoms with Gasteiger partial charge >= 0.3 is 5.97 Å². The Balaban J connectivity index is 1.65. The molecule has 0 aromatic rings. The summed E-state index contributed by atoms with van der Waals surface area (Å²) < 4.78 is 21.5. The van der Waals surface area contributed by atoms with Gasteiger partial charge in [-0.25, -0.2) is 0 Å². The first-order valence-corrected chi connectivity index (χ1v) is 7.63. The van der Waals surface area contributed by atoms with E-state index in [1.54, 1.807) is 0 Å². The van der Waals surface area contributed by atoms with Crippen LogP contribution in [0.2, 0.25) is 0 Å². The van der Waals surface area contributed by atoms with Crippen LogP contribution in [0.5, 0.6) is 0 Å². The molecule has 4 atom stereocenters. The molecule has 0 bridgehead atoms. The molecule has 0 aromatic carbocycles. The summed E-state index contributed by atoms with van der Waals surface area (Å²) in [4.78, 5) is 10.9. The normalized spacial score (nSPS) is 30.3. The summed E-state index contributed by atoms with van der Waals surface area (Å²) in [5, 5.41) is 10.1. The van der Waals surface area contributed by atoms with Gasteiger partial charge in [-0.15, -0.1) is 11.8 Å². The Morgan fingerprint density at radius 2 is 2.18 bits per heavy atom. The number of rotatable bonds is 5. The molecule has 0 aliphatic carbocycles. The number of carbonyl (C=O) groups excluding carboxylic acids is 1. The minimum absolute atomic E-state index is 0.123. The minimum Gasteiger partial charge on any atom is -0.469 e. The SMILES string of the molecule is COC(=O)CCCC#CC[C@H](O)[C@@H]1C[C@H]2OC(C)(C)O[C@H]2O1. The van der Waals surface area contributed by atoms with Crippen molar-refractivity contribution in [2.45, 2.75) is 76.3 Å². The van der Waals surface area contributed by atoms with Crippen LogP contribution in [0.25, 0.3) is 0 Å². The molecule has 0 unspecified atom stereocenters. The summed E-state index contributed by atoms with van der Waals surface area (Å²) in [5.74, 6) is 5.02. The highest BCUT2D eigenvalue weighted by Gasteiger charge is 2.49. The first kappa shape index (κ1) is 17.2. The molecule has 6 heteroatoms. The molecule has 2 rings (SSSR count). The summed E-state index contributed by atoms with van der Waals surface area (Å²) in [7, 11) is 1.37. The maximum atomic E-state index is 10.9. The lowest BCUT2D eigenvalue weighted by Gasteiger charge is -2.22. The van der Waals surface area contributed by atoms with Gasteiger partial charge in [0.25, 0.3) is 0 Å². The van der Waals surface area contributed by atoms with E-state index < -0.39 is 18.2 Å². The van der Waals surface area contributed by atoms with E-state index in [1.807, 2.05) is 13.8 Å². The van der Waals surface area contributed by atoms with E-state index in [4.69, 9.17) is 14.2 Å². The van der Waals surface area contributed by atoms with Crippen molar-refractivity contribution < 1.29 is 28.8 Å². The predicted molar refractivity (Wildman–Crippen MR) is 77.6 cm³/mol. The Morgan fingerprint density at radius 1 is 1.41 bits per heavy atom. The van der Waals surface area contributed by atoms with Crippen LogP contribution in [0.1, 0.15) is 46.0 Å². The zero-order chi connectivity index (χ0) is 16.2. The fourth-order valence-electron chi connectivity index (χ4n) is 2.60. The number of unbranched alkanes of at least 4 members (excludes halogenated alkanes) is 1. The summed E-state index contributed by atoms with van der Waals surface area (Å²) in [6, 6.07) is 0. The second kappa shape index (κ2) is 7.42. The molecular weight excluding hydrogens is 288 g/mol. The van der Waals surface area contributed by atoms with E-state index in [0.29, 0.717) is 32.1 Å². The summed E-state index contributed by atoms with van der Waals surface area (Å²) in [5.41, 5.74) is 0. The summed E-state index contributed by atoms with van der Waals surface area (Å²) >= 11 is 0. The number of esters is 1. The van der Waals surface area contributed by atoms with Gasteiger partial charge in [0.1, 0.15) is 6.10 Å². The van der Waals surface area contributed by atoms with Crippen LogP contribution >= 0.6 is 0 Å². The van der Waals surface area contributed by atoms with Crippen LogP contribution in [0.15, 0.2) is 0 Å². The number of methoxy groups -OCH3 is 1. The number of carbonyl (C=O) groups is 1. The highest BCUT2D eigenvalue weighted by molar-refractivity contribution is 5.69. The van der Waals surface area contributed by atoms with Crippen LogP contribution in [-0.4, -0.2) is 48.6 Å². The second-order valence-corrected chi connectivity index (χ2v) is 6.01. The standard InChI is InChI=1S/C16H24O6/c1-16(2)21-13-10-12(20-15(13)22-16)11(17)8-6-4-5-7-9-14(18)19-3/h11-13,15,17H,5,7-10H2,1-3H3/t11-,12-,13+,15+/m0/s1. The molecule has 0 amide bonds. The number of ether oxygens (including phenoxy) is 4. The lowest BCUT2D eigenvalue weighted by Crippen LogP contribution is -2.30. The van der Waals surface area contributed by atoms with Gasteiger partial charge in [-0.2, -0.15) is 0 Å². The van der Waals surface area contributed by atoms with Gasteiger partial charge in [-0.3, -0.25) is 4.79 Å². The predicted octanol–water partition coefficient (Wildman–Crippen LogP) is 1.35. The third kappa shape index (κ3) is 4.68. The van der Waals surface area contributed by atoms with Crippen LogP contribution in [0.4, 0.5) is 0 Å². The molecule has 0 radical (unpaired) electrons. The Hall–Kier alpha value is -1.13. The summed E-state index contributed by atoms with van der Waals surface area (Å²) in [6.07, 6.45) is 1.10. The van der Waals surface area contributed by atoms with Gasteiger partial charge in [0.05, 0.1) is 19.3 Å². The molecule has 2 aliphatic rings. The number of hydrogen-bond acceptors (Lipinski definition) is 6. The number of hydrogen-bond donors (Lipinski definition) is 1. The Morgan fingerprint density at radius 3 is 2.86 bits per heavy atom. The van der Waals surface area contributed by atoms with Crippen molar-refractivity contribution in [3.05, 3.63) is 0 Å². The van der Waals surface area contributed by atoms with Crippen LogP contribution < -0.4 is 0 Å². The van der Waals surface area contributed by atoms with Crippen molar-refractivity contribution >= 4 is 5.97 Å². The smallest absolute Gasteiger partial charge is 0.305 e. The van der Waals surface area contributed by atoms with Crippen molar-refractivity contribution in [2.75, 3.05) is 7.11 Å². The van der Waals surface area contributed by atoms with Gasteiger partial charge in [-0.05, 0) is 20.3 Å². The molecule has 6 nitrogen and oxygen atoms in total. The van der Waals surface area contributed by atoms with E-state index in [-0.39, 0.29) is 18.2 Å². The number of fused-ring (bicyclic) bond motifs is 1. The fraction of sp³-hybridized carbons (Fsp3) is 0.812. The van der Waals surface area contributed by atoms with Gasteiger partial charge < -0.3 is 24.1 Å². The van der Waals surface area contributed by atoms with Crippen molar-refractivity contribution in [1.82, 2.24) is 0 Å². The molecule has 0 spiro atoms. The van der Waals surface area contributed by atoms with Crippen molar-refractivity contribution in [2.24, 2.45) is 0 Å². The quantitative estimate of drug-likeness (QED) is 0.469. The fourth-order valence-corrected chi connectivity index (χ4v) is 2.60. The van der Waals surface area contributed by atoms with Gasteiger partial charge in [0.2, 0.25) is 0 Å². The zero-order valence-electron chi connectivity index (χ0n) is 13.3. The van der Waals surface area contributed by atoms with Crippen LogP contribution in [-0.2, 0) is 23.7 Å². The van der Waals surface area contributed by atoms with Crippen LogP contribution in [0, 0.1) is 11.8 Å². The minimum atomic E-state index is -0.658. The Bertz CT molecular complexity index is 433. The Kier molecular flexibility index (Phi) is 5.81. The molecule has 2 aliphatic heterocycles. The van der Waals surface area contributed by atoms with E-state index in [9.17, 15) is 9.90 Å². The van der Waals surface area contributed by atoms with Gasteiger partial charge in [-0.1, -0.05) is 0 Å². The molecule has 2 heterocycles. The Labute approximate surface area is 131 Å². The lowest BCUT2D eigenvalue weighted by atomic mass is 10.1. The average molecular weight is 312 g/mol.